The average Bonchev–Trinajstić information content (AvgIpc) is 3.39. The van der Waals surface area contributed by atoms with Crippen LogP contribution in [0.5, 0.6) is 0 Å². The number of aliphatic imine (C=N–C) groups is 1. The van der Waals surface area contributed by atoms with Crippen LogP contribution in [-0.4, -0.2) is 23.3 Å². The number of pyridine rings is 1. The molecule has 39 heavy (non-hydrogen) atoms. The number of amides is 2. The minimum Gasteiger partial charge on any atom is -0.334 e. The number of rotatable bonds is 6. The summed E-state index contributed by atoms with van der Waals surface area (Å²) in [6, 6.07) is 11.1. The van der Waals surface area contributed by atoms with Gasteiger partial charge in [-0.25, -0.2) is 14.2 Å². The van der Waals surface area contributed by atoms with Crippen molar-refractivity contribution < 1.29 is 35.5 Å². The molecule has 11 heteroatoms. The van der Waals surface area contributed by atoms with Crippen LogP contribution in [0.4, 0.5) is 35.5 Å². The zero-order chi connectivity index (χ0) is 28.3. The van der Waals surface area contributed by atoms with Crippen molar-refractivity contribution in [1.29, 1.82) is 0 Å². The second-order valence-corrected chi connectivity index (χ2v) is 9.48. The molecule has 2 aromatic carbocycles. The molecule has 1 aliphatic rings. The van der Waals surface area contributed by atoms with E-state index in [2.05, 4.69) is 15.3 Å². The zero-order valence-corrected chi connectivity index (χ0v) is 20.5. The molecule has 3 aromatic rings. The van der Waals surface area contributed by atoms with Crippen LogP contribution < -0.4 is 5.32 Å². The molecular weight excluding hydrogens is 527 g/mol. The maximum Gasteiger partial charge on any atom is 0.433 e. The van der Waals surface area contributed by atoms with Gasteiger partial charge in [0.05, 0.1) is 11.0 Å². The van der Waals surface area contributed by atoms with E-state index >= 15 is 0 Å². The summed E-state index contributed by atoms with van der Waals surface area (Å²) in [5.74, 6) is -1.21. The van der Waals surface area contributed by atoms with E-state index in [0.29, 0.717) is 23.8 Å². The van der Waals surface area contributed by atoms with Crippen LogP contribution in [0.1, 0.15) is 53.6 Å². The molecule has 0 saturated heterocycles. The Hall–Kier alpha value is -3.76. The second kappa shape index (κ2) is 11.2. The highest BCUT2D eigenvalue weighted by Gasteiger charge is 2.39. The molecular formula is C28H24F7N3O. The minimum absolute atomic E-state index is 0.00417. The first kappa shape index (κ1) is 28.3. The summed E-state index contributed by atoms with van der Waals surface area (Å²) in [5, 5.41) is 2.74. The maximum absolute atomic E-state index is 14.6. The van der Waals surface area contributed by atoms with Crippen LogP contribution in [0.15, 0.2) is 71.9 Å². The second-order valence-electron chi connectivity index (χ2n) is 9.48. The minimum atomic E-state index is -4.91. The van der Waals surface area contributed by atoms with Gasteiger partial charge in [0.1, 0.15) is 11.5 Å². The number of hydrogen-bond acceptors (Lipinski definition) is 2. The highest BCUT2D eigenvalue weighted by molar-refractivity contribution is 5.90. The van der Waals surface area contributed by atoms with Gasteiger partial charge in [0.2, 0.25) is 0 Å². The number of carbonyl (C=O) groups is 1. The highest BCUT2D eigenvalue weighted by atomic mass is 19.4. The van der Waals surface area contributed by atoms with Crippen molar-refractivity contribution in [3.05, 3.63) is 101 Å². The van der Waals surface area contributed by atoms with Gasteiger partial charge < -0.3 is 5.32 Å². The molecule has 1 atom stereocenters. The number of benzene rings is 2. The lowest BCUT2D eigenvalue weighted by Gasteiger charge is -2.32. The fourth-order valence-corrected chi connectivity index (χ4v) is 4.77. The smallest absolute Gasteiger partial charge is 0.334 e. The monoisotopic (exact) mass is 551 g/mol. The third-order valence-corrected chi connectivity index (χ3v) is 6.72. The SMILES string of the molecule is O=C(/N=C/[C@@](Cc1ccccc1)(c1ccc(C(F)(F)F)nc1)c1cc(F)cc(C(F)(F)F)c1)NC1CCCC1. The summed E-state index contributed by atoms with van der Waals surface area (Å²) >= 11 is 0. The summed E-state index contributed by atoms with van der Waals surface area (Å²) in [7, 11) is 0. The van der Waals surface area contributed by atoms with Crippen LogP contribution in [0, 0.1) is 5.82 Å². The van der Waals surface area contributed by atoms with E-state index in [1.807, 2.05) is 0 Å². The first-order chi connectivity index (χ1) is 18.4. The lowest BCUT2D eigenvalue weighted by Crippen LogP contribution is -2.36. The number of carbonyl (C=O) groups excluding carboxylic acids is 1. The van der Waals surface area contributed by atoms with Gasteiger partial charge in [-0.3, -0.25) is 4.98 Å². The average molecular weight is 552 g/mol. The molecule has 2 amide bonds. The van der Waals surface area contributed by atoms with E-state index in [1.54, 1.807) is 30.3 Å². The molecule has 0 aliphatic heterocycles. The summed E-state index contributed by atoms with van der Waals surface area (Å²) in [4.78, 5) is 20.2. The number of nitrogens with zero attached hydrogens (tertiary/aromatic N) is 2. The van der Waals surface area contributed by atoms with Crippen molar-refractivity contribution in [3.8, 4) is 0 Å². The molecule has 1 saturated carbocycles. The van der Waals surface area contributed by atoms with E-state index in [4.69, 9.17) is 0 Å². The number of nitrogens with one attached hydrogen (secondary N) is 1. The third kappa shape index (κ3) is 6.82. The topological polar surface area (TPSA) is 54.4 Å². The van der Waals surface area contributed by atoms with Gasteiger partial charge in [-0.1, -0.05) is 49.2 Å². The van der Waals surface area contributed by atoms with Crippen LogP contribution in [0.3, 0.4) is 0 Å². The Labute approximate surface area is 220 Å². The first-order valence-electron chi connectivity index (χ1n) is 12.2. The van der Waals surface area contributed by atoms with E-state index in [-0.39, 0.29) is 23.6 Å². The Morgan fingerprint density at radius 3 is 2.15 bits per heavy atom. The van der Waals surface area contributed by atoms with Gasteiger partial charge in [-0.05, 0) is 60.2 Å². The van der Waals surface area contributed by atoms with Gasteiger partial charge >= 0.3 is 18.4 Å². The summed E-state index contributed by atoms with van der Waals surface area (Å²) in [5.41, 5.74) is -4.00. The molecule has 1 aromatic heterocycles. The third-order valence-electron chi connectivity index (χ3n) is 6.72. The number of hydrogen-bond donors (Lipinski definition) is 1. The van der Waals surface area contributed by atoms with Crippen molar-refractivity contribution in [2.45, 2.75) is 55.9 Å². The van der Waals surface area contributed by atoms with Crippen molar-refractivity contribution in [2.75, 3.05) is 0 Å². The Kier molecular flexibility index (Phi) is 8.08. The van der Waals surface area contributed by atoms with Gasteiger partial charge in [0.15, 0.2) is 0 Å². The van der Waals surface area contributed by atoms with Crippen LogP contribution in [0.2, 0.25) is 0 Å². The van der Waals surface area contributed by atoms with Crippen molar-refractivity contribution in [3.63, 3.8) is 0 Å². The Morgan fingerprint density at radius 2 is 1.56 bits per heavy atom. The quantitative estimate of drug-likeness (QED) is 0.255. The zero-order valence-electron chi connectivity index (χ0n) is 20.5. The molecule has 1 fully saturated rings. The van der Waals surface area contributed by atoms with Crippen LogP contribution >= 0.6 is 0 Å². The van der Waals surface area contributed by atoms with Crippen LogP contribution in [-0.2, 0) is 24.2 Å². The van der Waals surface area contributed by atoms with Crippen molar-refractivity contribution in [1.82, 2.24) is 10.3 Å². The molecule has 1 heterocycles. The molecule has 0 radical (unpaired) electrons. The standard InChI is InChI=1S/C28H24F7N3O/c29-22-13-20(12-21(14-22)27(30,31)32)26(15-18-6-2-1-3-7-18,17-37-25(39)38-23-8-4-5-9-23)19-10-11-24(36-16-19)28(33,34)35/h1-3,6-7,10-14,16-17,23H,4-5,8-9,15H2,(H,38,39)/b37-17+/t26-/m0/s1. The first-order valence-corrected chi connectivity index (χ1v) is 12.2. The fourth-order valence-electron chi connectivity index (χ4n) is 4.77. The Bertz CT molecular complexity index is 1320. The molecule has 4 nitrogen and oxygen atoms in total. The molecule has 4 rings (SSSR count). The van der Waals surface area contributed by atoms with Crippen LogP contribution in [0.25, 0.3) is 0 Å². The number of aromatic nitrogens is 1. The lowest BCUT2D eigenvalue weighted by atomic mass is 9.71. The summed E-state index contributed by atoms with van der Waals surface area (Å²) < 4.78 is 95.5. The van der Waals surface area contributed by atoms with Gasteiger partial charge in [-0.15, -0.1) is 0 Å². The van der Waals surface area contributed by atoms with Crippen molar-refractivity contribution >= 4 is 12.2 Å². The molecule has 0 unspecified atom stereocenters. The largest absolute Gasteiger partial charge is 0.433 e. The highest BCUT2D eigenvalue weighted by Crippen LogP contribution is 2.39. The maximum atomic E-state index is 14.6. The van der Waals surface area contributed by atoms with Gasteiger partial charge in [-0.2, -0.15) is 26.3 Å². The van der Waals surface area contributed by atoms with Gasteiger partial charge in [0, 0.05) is 18.5 Å². The normalized spacial score (nSPS) is 16.4. The van der Waals surface area contributed by atoms with E-state index in [9.17, 15) is 35.5 Å². The Morgan fingerprint density at radius 1 is 0.897 bits per heavy atom. The molecule has 1 N–H and O–H groups in total. The number of urea groups is 1. The van der Waals surface area contributed by atoms with E-state index < -0.39 is 40.9 Å². The molecule has 1 aliphatic carbocycles. The number of halogens is 7. The molecule has 206 valence electrons. The van der Waals surface area contributed by atoms with Crippen molar-refractivity contribution in [2.24, 2.45) is 4.99 Å². The van der Waals surface area contributed by atoms with Gasteiger partial charge in [0.25, 0.3) is 0 Å². The molecule has 0 spiro atoms. The lowest BCUT2D eigenvalue weighted by molar-refractivity contribution is -0.141. The van der Waals surface area contributed by atoms with E-state index in [1.165, 1.54) is 0 Å². The fraction of sp³-hybridized carbons (Fsp3) is 0.321. The predicted octanol–water partition coefficient (Wildman–Crippen LogP) is 7.51. The molecule has 0 bridgehead atoms. The number of alkyl halides is 6. The summed E-state index contributed by atoms with van der Waals surface area (Å²) in [6.45, 7) is 0. The predicted molar refractivity (Wildman–Crippen MR) is 131 cm³/mol. The summed E-state index contributed by atoms with van der Waals surface area (Å²) in [6.07, 6.45) is -4.55. The van der Waals surface area contributed by atoms with E-state index in [0.717, 1.165) is 50.2 Å². The Balaban J connectivity index is 1.91.